The van der Waals surface area contributed by atoms with Crippen molar-refractivity contribution in [3.63, 3.8) is 0 Å². The van der Waals surface area contributed by atoms with Gasteiger partial charge in [-0.1, -0.05) is 13.0 Å². The minimum atomic E-state index is -0.950. The van der Waals surface area contributed by atoms with E-state index in [0.717, 1.165) is 25.7 Å². The summed E-state index contributed by atoms with van der Waals surface area (Å²) in [6.45, 7) is 9.77. The molecule has 3 N–H and O–H groups in total. The van der Waals surface area contributed by atoms with E-state index in [2.05, 4.69) is 25.9 Å². The van der Waals surface area contributed by atoms with Gasteiger partial charge in [0, 0.05) is 65.0 Å². The summed E-state index contributed by atoms with van der Waals surface area (Å²) in [5.74, 6) is -1.69. The van der Waals surface area contributed by atoms with Gasteiger partial charge in [0.15, 0.2) is 0 Å². The van der Waals surface area contributed by atoms with Crippen molar-refractivity contribution in [2.24, 2.45) is 17.8 Å². The molecule has 274 valence electrons. The maximum atomic E-state index is 15.9. The van der Waals surface area contributed by atoms with Crippen molar-refractivity contribution < 1.29 is 28.3 Å². The lowest BCUT2D eigenvalue weighted by atomic mass is 9.88. The van der Waals surface area contributed by atoms with Crippen molar-refractivity contribution in [1.82, 2.24) is 35.1 Å². The van der Waals surface area contributed by atoms with E-state index in [4.69, 9.17) is 4.74 Å². The number of nitrogens with zero attached hydrogens (tertiary/aromatic N) is 5. The fourth-order valence-electron chi connectivity index (χ4n) is 6.85. The summed E-state index contributed by atoms with van der Waals surface area (Å²) in [4.78, 5) is 59.7. The van der Waals surface area contributed by atoms with Crippen molar-refractivity contribution in [2.75, 3.05) is 65.3 Å². The van der Waals surface area contributed by atoms with Crippen LogP contribution in [0.3, 0.4) is 0 Å². The predicted molar refractivity (Wildman–Crippen MR) is 187 cm³/mol. The number of carbonyl (C=O) groups is 4. The van der Waals surface area contributed by atoms with Crippen molar-refractivity contribution in [2.45, 2.75) is 71.0 Å². The summed E-state index contributed by atoms with van der Waals surface area (Å²) >= 11 is 0. The summed E-state index contributed by atoms with van der Waals surface area (Å²) in [6.07, 6.45) is 5.56. The van der Waals surface area contributed by atoms with Crippen LogP contribution in [0.15, 0.2) is 30.5 Å². The first kappa shape index (κ1) is 37.2. The molecule has 2 heterocycles. The fraction of sp³-hybridized carbons (Fsp3) is 0.639. The normalized spacial score (nSPS) is 18.3. The Morgan fingerprint density at radius 1 is 1.00 bits per heavy atom. The van der Waals surface area contributed by atoms with Crippen LogP contribution in [-0.2, 0) is 20.9 Å². The molecule has 0 unspecified atom stereocenters. The average molecular weight is 697 g/mol. The van der Waals surface area contributed by atoms with Gasteiger partial charge in [0.2, 0.25) is 11.8 Å². The Morgan fingerprint density at radius 3 is 2.28 bits per heavy atom. The third-order valence-corrected chi connectivity index (χ3v) is 10.3. The van der Waals surface area contributed by atoms with E-state index in [1.165, 1.54) is 17.0 Å². The van der Waals surface area contributed by atoms with Crippen LogP contribution < -0.4 is 16.0 Å². The SMILES string of the molecule is CCOCCN(C)C(=O)N[C@@H](C(=O)N1CCN(C)CC1)[C@@H](C)c1ccc(NC(=O)[C@@H](NC(=O)c2ccnn2CC)C(C2CC2)C2CC2)c(F)c1. The molecule has 2 saturated carbocycles. The van der Waals surface area contributed by atoms with Gasteiger partial charge in [-0.2, -0.15) is 5.10 Å². The number of hydrogen-bond donors (Lipinski definition) is 3. The van der Waals surface area contributed by atoms with Gasteiger partial charge in [-0.05, 0) is 88.1 Å². The number of halogens is 1. The topological polar surface area (TPSA) is 141 Å². The molecule has 1 saturated heterocycles. The quantitative estimate of drug-likeness (QED) is 0.229. The first-order chi connectivity index (χ1) is 24.0. The number of rotatable bonds is 16. The molecule has 50 heavy (non-hydrogen) atoms. The molecule has 5 rings (SSSR count). The number of aryl methyl sites for hydroxylation is 1. The third-order valence-electron chi connectivity index (χ3n) is 10.3. The molecule has 3 aliphatic rings. The van der Waals surface area contributed by atoms with Crippen molar-refractivity contribution >= 4 is 29.4 Å². The van der Waals surface area contributed by atoms with Crippen molar-refractivity contribution in [3.05, 3.63) is 47.5 Å². The molecule has 3 atom stereocenters. The van der Waals surface area contributed by atoms with Crippen LogP contribution in [0.2, 0.25) is 0 Å². The lowest BCUT2D eigenvalue weighted by Gasteiger charge is -2.36. The molecular formula is C36H53FN8O5. The molecule has 13 nitrogen and oxygen atoms in total. The summed E-state index contributed by atoms with van der Waals surface area (Å²) in [7, 11) is 3.63. The number of anilines is 1. The number of aromatic nitrogens is 2. The van der Waals surface area contributed by atoms with Crippen LogP contribution in [-0.4, -0.2) is 120 Å². The minimum Gasteiger partial charge on any atom is -0.380 e. The Balaban J connectivity index is 1.33. The van der Waals surface area contributed by atoms with Crippen LogP contribution in [0.5, 0.6) is 0 Å². The van der Waals surface area contributed by atoms with Crippen LogP contribution >= 0.6 is 0 Å². The second-order valence-electron chi connectivity index (χ2n) is 13.9. The predicted octanol–water partition coefficient (Wildman–Crippen LogP) is 3.14. The van der Waals surface area contributed by atoms with Gasteiger partial charge < -0.3 is 35.4 Å². The molecule has 0 bridgehead atoms. The molecule has 5 amide bonds. The highest BCUT2D eigenvalue weighted by molar-refractivity contribution is 6.01. The van der Waals surface area contributed by atoms with E-state index < -0.39 is 35.8 Å². The Labute approximate surface area is 294 Å². The first-order valence-corrected chi connectivity index (χ1v) is 18.0. The number of ether oxygens (including phenoxy) is 1. The fourth-order valence-corrected chi connectivity index (χ4v) is 6.85. The lowest BCUT2D eigenvalue weighted by Crippen LogP contribution is -2.57. The van der Waals surface area contributed by atoms with Crippen LogP contribution in [0.25, 0.3) is 0 Å². The van der Waals surface area contributed by atoms with E-state index in [1.807, 2.05) is 20.9 Å². The third kappa shape index (κ3) is 9.19. The van der Waals surface area contributed by atoms with Crippen molar-refractivity contribution in [1.29, 1.82) is 0 Å². The molecule has 0 spiro atoms. The zero-order valence-corrected chi connectivity index (χ0v) is 30.0. The maximum Gasteiger partial charge on any atom is 0.317 e. The number of carbonyl (C=O) groups excluding carboxylic acids is 4. The van der Waals surface area contributed by atoms with E-state index in [0.29, 0.717) is 75.6 Å². The summed E-state index contributed by atoms with van der Waals surface area (Å²) in [5, 5.41) is 12.8. The minimum absolute atomic E-state index is 0.0178. The van der Waals surface area contributed by atoms with Crippen LogP contribution in [0, 0.1) is 23.6 Å². The van der Waals surface area contributed by atoms with Gasteiger partial charge in [0.1, 0.15) is 23.6 Å². The summed E-state index contributed by atoms with van der Waals surface area (Å²) in [6, 6.07) is 3.88. The van der Waals surface area contributed by atoms with Gasteiger partial charge in [-0.25, -0.2) is 9.18 Å². The van der Waals surface area contributed by atoms with Gasteiger partial charge >= 0.3 is 6.03 Å². The van der Waals surface area contributed by atoms with Gasteiger partial charge in [-0.3, -0.25) is 19.1 Å². The number of likely N-dealkylation sites (N-methyl/N-ethyl adjacent to an activating group) is 2. The van der Waals surface area contributed by atoms with Gasteiger partial charge in [0.05, 0.1) is 12.3 Å². The van der Waals surface area contributed by atoms with Crippen molar-refractivity contribution in [3.8, 4) is 0 Å². The Kier molecular flexibility index (Phi) is 12.5. The smallest absolute Gasteiger partial charge is 0.317 e. The zero-order valence-electron chi connectivity index (χ0n) is 30.0. The molecule has 2 aliphatic carbocycles. The number of amides is 5. The second kappa shape index (κ2) is 16.8. The van der Waals surface area contributed by atoms with E-state index in [-0.39, 0.29) is 23.4 Å². The molecule has 14 heteroatoms. The lowest BCUT2D eigenvalue weighted by molar-refractivity contribution is -0.135. The molecule has 2 aromatic rings. The van der Waals surface area contributed by atoms with E-state index in [9.17, 15) is 19.2 Å². The Morgan fingerprint density at radius 2 is 1.68 bits per heavy atom. The molecule has 1 aliphatic heterocycles. The monoisotopic (exact) mass is 696 g/mol. The molecular weight excluding hydrogens is 643 g/mol. The number of hydrogen-bond acceptors (Lipinski definition) is 7. The zero-order chi connectivity index (χ0) is 35.9. The second-order valence-corrected chi connectivity index (χ2v) is 13.9. The van der Waals surface area contributed by atoms with Gasteiger partial charge in [-0.15, -0.1) is 0 Å². The average Bonchev–Trinajstić information content (AvgIpc) is 4.06. The molecule has 3 fully saturated rings. The molecule has 1 aromatic heterocycles. The maximum absolute atomic E-state index is 15.9. The van der Waals surface area contributed by atoms with E-state index in [1.54, 1.807) is 41.9 Å². The molecule has 0 radical (unpaired) electrons. The first-order valence-electron chi connectivity index (χ1n) is 18.0. The number of nitrogens with one attached hydrogen (secondary N) is 3. The van der Waals surface area contributed by atoms with E-state index >= 15 is 4.39 Å². The largest absolute Gasteiger partial charge is 0.380 e. The summed E-state index contributed by atoms with van der Waals surface area (Å²) in [5.41, 5.74) is 0.848. The Hall–Kier alpha value is -4.04. The molecule has 1 aromatic carbocycles. The summed E-state index contributed by atoms with van der Waals surface area (Å²) < 4.78 is 22.8. The number of piperazine rings is 1. The number of benzene rings is 1. The Bertz CT molecular complexity index is 1490. The standard InChI is InChI=1S/C36H53FN8O5/c1-6-45-29(14-15-38-45)33(46)40-32(30(24-8-9-24)25-10-11-25)34(47)39-28-13-12-26(22-27(28)37)23(3)31(35(48)44-18-16-42(4)17-19-44)41-36(49)43(5)20-21-50-7-2/h12-15,22-25,30-32H,6-11,16-21H2,1-5H3,(H,39,47)(H,40,46)(H,41,49)/t23-,31+,32-/m0/s1. The van der Waals surface area contributed by atoms with Crippen LogP contribution in [0.1, 0.15) is 68.4 Å². The van der Waals surface area contributed by atoms with Crippen LogP contribution in [0.4, 0.5) is 14.9 Å². The highest BCUT2D eigenvalue weighted by Gasteiger charge is 2.48. The number of urea groups is 1. The highest BCUT2D eigenvalue weighted by atomic mass is 19.1. The van der Waals surface area contributed by atoms with Gasteiger partial charge in [0.25, 0.3) is 5.91 Å². The highest BCUT2D eigenvalue weighted by Crippen LogP contribution is 2.51.